The smallest absolute Gasteiger partial charge is 0.191 e. The van der Waals surface area contributed by atoms with Crippen LogP contribution in [-0.4, -0.2) is 14.5 Å². The van der Waals surface area contributed by atoms with Crippen molar-refractivity contribution in [2.24, 2.45) is 0 Å². The van der Waals surface area contributed by atoms with Crippen LogP contribution in [0.25, 0.3) is 17.3 Å². The van der Waals surface area contributed by atoms with Crippen LogP contribution in [-0.2, 0) is 20.1 Å². The van der Waals surface area contributed by atoms with Gasteiger partial charge in [-0.25, -0.2) is 0 Å². The maximum absolute atomic E-state index is 5.59. The standard InChI is InChI=1S/C12H8N3O.Ir/c1-2-4-10(5-3-1)11-8-14-12(16-11)15-7-6-13-9-15;/h1-6,8-9H;/q-1;. The molecule has 0 aliphatic carbocycles. The van der Waals surface area contributed by atoms with Crippen LogP contribution in [0.15, 0.2) is 53.5 Å². The molecule has 0 saturated carbocycles. The first-order valence-corrected chi connectivity index (χ1v) is 4.85. The molecular weight excluding hydrogens is 394 g/mol. The van der Waals surface area contributed by atoms with Crippen LogP contribution in [0.2, 0.25) is 0 Å². The van der Waals surface area contributed by atoms with Crippen molar-refractivity contribution >= 4 is 0 Å². The normalized spacial score (nSPS) is 9.88. The van der Waals surface area contributed by atoms with Gasteiger partial charge in [-0.1, -0.05) is 36.5 Å². The number of imidazole rings is 1. The first kappa shape index (κ1) is 11.8. The van der Waals surface area contributed by atoms with Gasteiger partial charge in [0.2, 0.25) is 0 Å². The third-order valence-electron chi connectivity index (χ3n) is 2.21. The van der Waals surface area contributed by atoms with E-state index in [1.807, 2.05) is 30.3 Å². The summed E-state index contributed by atoms with van der Waals surface area (Å²) in [6, 6.07) is 10.3. The van der Waals surface area contributed by atoms with E-state index in [0.29, 0.717) is 6.01 Å². The van der Waals surface area contributed by atoms with E-state index in [1.165, 1.54) is 0 Å². The minimum atomic E-state index is 0. The summed E-state index contributed by atoms with van der Waals surface area (Å²) in [5.74, 6) is 0.734. The summed E-state index contributed by atoms with van der Waals surface area (Å²) in [5, 5.41) is 0. The quantitative estimate of drug-likeness (QED) is 0.618. The monoisotopic (exact) mass is 403 g/mol. The largest absolute Gasteiger partial charge is 0.482 e. The zero-order valence-electron chi connectivity index (χ0n) is 8.70. The molecule has 5 heteroatoms. The number of hydrogen-bond acceptors (Lipinski definition) is 3. The predicted molar refractivity (Wildman–Crippen MR) is 57.9 cm³/mol. The average Bonchev–Trinajstić information content (AvgIpc) is 3.01. The predicted octanol–water partition coefficient (Wildman–Crippen LogP) is 2.32. The van der Waals surface area contributed by atoms with E-state index in [2.05, 4.69) is 16.2 Å². The van der Waals surface area contributed by atoms with Crippen LogP contribution in [0.5, 0.6) is 0 Å². The second-order valence-electron chi connectivity index (χ2n) is 3.27. The molecule has 0 aliphatic heterocycles. The van der Waals surface area contributed by atoms with E-state index in [0.717, 1.165) is 11.3 Å². The zero-order valence-corrected chi connectivity index (χ0v) is 11.1. The fourth-order valence-corrected chi connectivity index (χ4v) is 1.45. The van der Waals surface area contributed by atoms with Gasteiger partial charge in [-0.3, -0.25) is 4.98 Å². The molecule has 3 rings (SSSR count). The van der Waals surface area contributed by atoms with Crippen molar-refractivity contribution < 1.29 is 24.5 Å². The van der Waals surface area contributed by atoms with Crippen molar-refractivity contribution in [3.63, 3.8) is 0 Å². The number of oxazole rings is 1. The van der Waals surface area contributed by atoms with Gasteiger partial charge >= 0.3 is 0 Å². The fraction of sp³-hybridized carbons (Fsp3) is 0. The third-order valence-corrected chi connectivity index (χ3v) is 2.21. The Morgan fingerprint density at radius 3 is 2.71 bits per heavy atom. The number of rotatable bonds is 2. The Balaban J connectivity index is 0.00000108. The van der Waals surface area contributed by atoms with Gasteiger partial charge in [0.05, 0.1) is 6.20 Å². The second-order valence-corrected chi connectivity index (χ2v) is 3.27. The number of nitrogens with zero attached hydrogens (tertiary/aromatic N) is 3. The van der Waals surface area contributed by atoms with Crippen LogP contribution >= 0.6 is 0 Å². The topological polar surface area (TPSA) is 43.9 Å². The maximum atomic E-state index is 5.59. The van der Waals surface area contributed by atoms with Gasteiger partial charge in [-0.2, -0.15) is 0 Å². The average molecular weight is 402 g/mol. The maximum Gasteiger partial charge on any atom is 0.191 e. The molecule has 0 fully saturated rings. The molecule has 0 aliphatic rings. The van der Waals surface area contributed by atoms with E-state index in [-0.39, 0.29) is 20.1 Å². The van der Waals surface area contributed by atoms with Gasteiger partial charge in [0.15, 0.2) is 6.01 Å². The molecule has 0 spiro atoms. The van der Waals surface area contributed by atoms with Crippen molar-refractivity contribution in [2.75, 3.05) is 0 Å². The molecule has 3 aromatic rings. The van der Waals surface area contributed by atoms with Gasteiger partial charge in [-0.05, 0) is 12.5 Å². The molecule has 1 aromatic carbocycles. The Morgan fingerprint density at radius 2 is 2.00 bits per heavy atom. The SMILES string of the molecule is [Ir].[c-]1cncn1-c1ncc(-c2ccccc2)o1. The molecule has 87 valence electrons. The molecule has 0 saturated heterocycles. The van der Waals surface area contributed by atoms with Crippen molar-refractivity contribution in [3.05, 3.63) is 55.2 Å². The summed E-state index contributed by atoms with van der Waals surface area (Å²) in [5.41, 5.74) is 1.00. The first-order chi connectivity index (χ1) is 7.93. The third kappa shape index (κ3) is 2.35. The van der Waals surface area contributed by atoms with E-state index < -0.39 is 0 Å². The van der Waals surface area contributed by atoms with Crippen LogP contribution in [0.4, 0.5) is 0 Å². The van der Waals surface area contributed by atoms with Crippen molar-refractivity contribution in [1.29, 1.82) is 0 Å². The van der Waals surface area contributed by atoms with E-state index in [4.69, 9.17) is 4.42 Å². The van der Waals surface area contributed by atoms with Gasteiger partial charge in [0.25, 0.3) is 0 Å². The minimum absolute atomic E-state index is 0. The zero-order chi connectivity index (χ0) is 10.8. The molecule has 4 nitrogen and oxygen atoms in total. The van der Waals surface area contributed by atoms with Crippen molar-refractivity contribution in [1.82, 2.24) is 14.5 Å². The first-order valence-electron chi connectivity index (χ1n) is 4.85. The summed E-state index contributed by atoms with van der Waals surface area (Å²) in [6.45, 7) is 0. The number of aromatic nitrogens is 3. The van der Waals surface area contributed by atoms with Gasteiger partial charge < -0.3 is 14.0 Å². The summed E-state index contributed by atoms with van der Waals surface area (Å²) in [4.78, 5) is 8.05. The molecular formula is C12H8IrN3O-. The van der Waals surface area contributed by atoms with Gasteiger partial charge in [0.1, 0.15) is 5.76 Å². The fourth-order valence-electron chi connectivity index (χ4n) is 1.45. The molecule has 0 N–H and O–H groups in total. The molecule has 2 heterocycles. The summed E-state index contributed by atoms with van der Waals surface area (Å²) < 4.78 is 7.20. The molecule has 2 aromatic heterocycles. The van der Waals surface area contributed by atoms with Gasteiger partial charge in [-0.15, -0.1) is 0 Å². The molecule has 0 amide bonds. The number of hydrogen-bond donors (Lipinski definition) is 0. The van der Waals surface area contributed by atoms with Crippen LogP contribution in [0.3, 0.4) is 0 Å². The summed E-state index contributed by atoms with van der Waals surface area (Å²) >= 11 is 0. The van der Waals surface area contributed by atoms with Crippen molar-refractivity contribution in [2.45, 2.75) is 0 Å². The molecule has 0 unspecified atom stereocenters. The Hall–Kier alpha value is -1.71. The molecule has 17 heavy (non-hydrogen) atoms. The minimum Gasteiger partial charge on any atom is -0.482 e. The molecule has 1 radical (unpaired) electrons. The van der Waals surface area contributed by atoms with Crippen LogP contribution < -0.4 is 0 Å². The second kappa shape index (κ2) is 5.08. The van der Waals surface area contributed by atoms with E-state index in [1.54, 1.807) is 23.3 Å². The van der Waals surface area contributed by atoms with E-state index in [9.17, 15) is 0 Å². The molecule has 0 bridgehead atoms. The Kier molecular flexibility index (Phi) is 3.52. The van der Waals surface area contributed by atoms with Gasteiger partial charge in [0, 0.05) is 25.7 Å². The van der Waals surface area contributed by atoms with E-state index >= 15 is 0 Å². The Bertz CT molecular complexity index is 575. The summed E-state index contributed by atoms with van der Waals surface area (Å²) in [6.07, 6.45) is 7.72. The Morgan fingerprint density at radius 1 is 1.18 bits per heavy atom. The molecule has 0 atom stereocenters. The van der Waals surface area contributed by atoms with Crippen molar-refractivity contribution in [3.8, 4) is 17.3 Å². The Labute approximate surface area is 112 Å². The number of benzene rings is 1. The summed E-state index contributed by atoms with van der Waals surface area (Å²) in [7, 11) is 0. The van der Waals surface area contributed by atoms with Crippen LogP contribution in [0.1, 0.15) is 0 Å². The van der Waals surface area contributed by atoms with Crippen LogP contribution in [0, 0.1) is 6.20 Å².